The van der Waals surface area contributed by atoms with Crippen LogP contribution in [0.5, 0.6) is 0 Å². The molecule has 0 aliphatic rings. The van der Waals surface area contributed by atoms with E-state index in [1.807, 2.05) is 45.1 Å². The Hall–Kier alpha value is -1.81. The molecule has 0 saturated carbocycles. The van der Waals surface area contributed by atoms with Crippen LogP contribution in [0.1, 0.15) is 27.7 Å². The van der Waals surface area contributed by atoms with Crippen LogP contribution in [-0.2, 0) is 0 Å². The van der Waals surface area contributed by atoms with Crippen molar-refractivity contribution in [2.45, 2.75) is 39.9 Å². The second-order valence-corrected chi connectivity index (χ2v) is 5.16. The van der Waals surface area contributed by atoms with E-state index < -0.39 is 12.2 Å². The second kappa shape index (κ2) is 10.8. The van der Waals surface area contributed by atoms with Crippen molar-refractivity contribution in [2.75, 3.05) is 6.54 Å². The molecule has 0 rings (SSSR count). The van der Waals surface area contributed by atoms with Crippen molar-refractivity contribution >= 4 is 0 Å². The SMILES string of the molecule is C=C(/C=C\C=C/C)C(NC\C(C)=C(C)/C=C\C=C/C)C(F)(F)F. The van der Waals surface area contributed by atoms with Gasteiger partial charge in [0.05, 0.1) is 0 Å². The Kier molecular flexibility index (Phi) is 9.99. The Balaban J connectivity index is 5.00. The van der Waals surface area contributed by atoms with Crippen molar-refractivity contribution in [3.8, 4) is 0 Å². The van der Waals surface area contributed by atoms with E-state index in [0.29, 0.717) is 0 Å². The molecule has 1 atom stereocenters. The molecule has 1 unspecified atom stereocenters. The molecule has 0 spiro atoms. The number of hydrogen-bond donors (Lipinski definition) is 1. The number of alkyl halides is 3. The van der Waals surface area contributed by atoms with Gasteiger partial charge in [0, 0.05) is 6.54 Å². The Labute approximate surface area is 137 Å². The van der Waals surface area contributed by atoms with Crippen LogP contribution in [0.2, 0.25) is 0 Å². The van der Waals surface area contributed by atoms with Gasteiger partial charge in [0.15, 0.2) is 0 Å². The van der Waals surface area contributed by atoms with Gasteiger partial charge in [0.25, 0.3) is 0 Å². The number of rotatable bonds is 8. The first kappa shape index (κ1) is 21.2. The smallest absolute Gasteiger partial charge is 0.299 e. The molecule has 0 aromatic rings. The lowest BCUT2D eigenvalue weighted by Crippen LogP contribution is -2.43. The maximum absolute atomic E-state index is 13.2. The summed E-state index contributed by atoms with van der Waals surface area (Å²) in [6, 6.07) is -1.76. The molecular weight excluding hydrogens is 299 g/mol. The van der Waals surface area contributed by atoms with Gasteiger partial charge >= 0.3 is 6.18 Å². The number of allylic oxidation sites excluding steroid dienone is 8. The summed E-state index contributed by atoms with van der Waals surface area (Å²) in [6.07, 6.45) is 9.45. The largest absolute Gasteiger partial charge is 0.407 e. The highest BCUT2D eigenvalue weighted by atomic mass is 19.4. The number of halogens is 3. The summed E-state index contributed by atoms with van der Waals surface area (Å²) in [4.78, 5) is 0. The lowest BCUT2D eigenvalue weighted by Gasteiger charge is -2.22. The fourth-order valence-corrected chi connectivity index (χ4v) is 1.69. The molecule has 0 amide bonds. The minimum Gasteiger partial charge on any atom is -0.299 e. The van der Waals surface area contributed by atoms with E-state index >= 15 is 0 Å². The minimum atomic E-state index is -4.38. The highest BCUT2D eigenvalue weighted by Gasteiger charge is 2.40. The van der Waals surface area contributed by atoms with Gasteiger partial charge in [-0.25, -0.2) is 0 Å². The van der Waals surface area contributed by atoms with Gasteiger partial charge in [-0.2, -0.15) is 13.2 Å². The molecule has 128 valence electrons. The first-order valence-corrected chi connectivity index (χ1v) is 7.48. The van der Waals surface area contributed by atoms with E-state index in [1.54, 1.807) is 25.2 Å². The van der Waals surface area contributed by atoms with Gasteiger partial charge in [-0.15, -0.1) is 0 Å². The van der Waals surface area contributed by atoms with Gasteiger partial charge in [0.2, 0.25) is 0 Å². The summed E-state index contributed by atoms with van der Waals surface area (Å²) in [5, 5.41) is 2.55. The van der Waals surface area contributed by atoms with Crippen LogP contribution < -0.4 is 5.32 Å². The van der Waals surface area contributed by atoms with E-state index in [9.17, 15) is 13.2 Å². The highest BCUT2D eigenvalue weighted by molar-refractivity contribution is 5.28. The average molecular weight is 325 g/mol. The molecule has 0 aliphatic heterocycles. The quantitative estimate of drug-likeness (QED) is 0.567. The summed E-state index contributed by atoms with van der Waals surface area (Å²) in [6.45, 7) is 11.1. The summed E-state index contributed by atoms with van der Waals surface area (Å²) in [5.41, 5.74) is 1.78. The Morgan fingerprint density at radius 3 is 2.00 bits per heavy atom. The third kappa shape index (κ3) is 9.04. The molecule has 0 aliphatic carbocycles. The van der Waals surface area contributed by atoms with Gasteiger partial charge in [-0.05, 0) is 33.3 Å². The highest BCUT2D eigenvalue weighted by Crippen LogP contribution is 2.25. The van der Waals surface area contributed by atoms with Crippen molar-refractivity contribution in [3.05, 3.63) is 71.9 Å². The van der Waals surface area contributed by atoms with Crippen LogP contribution in [0.3, 0.4) is 0 Å². The zero-order valence-electron chi connectivity index (χ0n) is 14.2. The minimum absolute atomic E-state index is 0.00879. The molecule has 0 bridgehead atoms. The maximum Gasteiger partial charge on any atom is 0.407 e. The summed E-state index contributed by atoms with van der Waals surface area (Å²) in [7, 11) is 0. The first-order chi connectivity index (χ1) is 10.7. The number of hydrogen-bond acceptors (Lipinski definition) is 1. The molecule has 0 aromatic carbocycles. The summed E-state index contributed by atoms with van der Waals surface area (Å²) >= 11 is 0. The fourth-order valence-electron chi connectivity index (χ4n) is 1.69. The summed E-state index contributed by atoms with van der Waals surface area (Å²) < 4.78 is 39.5. The van der Waals surface area contributed by atoms with Crippen molar-refractivity contribution < 1.29 is 13.2 Å². The number of nitrogens with one attached hydrogen (secondary N) is 1. The second-order valence-electron chi connectivity index (χ2n) is 5.16. The van der Waals surface area contributed by atoms with E-state index in [0.717, 1.165) is 11.1 Å². The maximum atomic E-state index is 13.2. The first-order valence-electron chi connectivity index (χ1n) is 7.48. The van der Waals surface area contributed by atoms with Crippen molar-refractivity contribution in [1.82, 2.24) is 5.32 Å². The summed E-state index contributed by atoms with van der Waals surface area (Å²) in [5.74, 6) is 0. The van der Waals surface area contributed by atoms with Gasteiger partial charge in [-0.3, -0.25) is 5.32 Å². The normalized spacial score (nSPS) is 16.0. The van der Waals surface area contributed by atoms with E-state index in [-0.39, 0.29) is 12.1 Å². The topological polar surface area (TPSA) is 12.0 Å². The van der Waals surface area contributed by atoms with E-state index in [1.165, 1.54) is 6.08 Å². The fraction of sp³-hybridized carbons (Fsp3) is 0.368. The van der Waals surface area contributed by atoms with Crippen LogP contribution in [0.25, 0.3) is 0 Å². The molecule has 0 aromatic heterocycles. The Morgan fingerprint density at radius 1 is 1.00 bits per heavy atom. The molecule has 4 heteroatoms. The molecular formula is C19H26F3N. The van der Waals surface area contributed by atoms with E-state index in [2.05, 4.69) is 11.9 Å². The standard InChI is InChI=1S/C19H26F3N/c1-6-8-10-12-15(3)17(5)14-23-18(19(20,21)22)16(4)13-11-9-7-2/h6-13,18,23H,4,14H2,1-3,5H3/b8-6-,9-7-,12-10-,13-11-,17-15-. The van der Waals surface area contributed by atoms with Gasteiger partial charge < -0.3 is 0 Å². The van der Waals surface area contributed by atoms with Crippen molar-refractivity contribution in [3.63, 3.8) is 0 Å². The van der Waals surface area contributed by atoms with Crippen molar-refractivity contribution in [1.29, 1.82) is 0 Å². The Morgan fingerprint density at radius 2 is 1.52 bits per heavy atom. The third-order valence-corrected chi connectivity index (χ3v) is 3.21. The molecule has 1 nitrogen and oxygen atoms in total. The van der Waals surface area contributed by atoms with Crippen LogP contribution in [0.15, 0.2) is 71.9 Å². The van der Waals surface area contributed by atoms with Crippen LogP contribution in [0.4, 0.5) is 13.2 Å². The van der Waals surface area contributed by atoms with Crippen LogP contribution >= 0.6 is 0 Å². The predicted octanol–water partition coefficient (Wildman–Crippen LogP) is 5.66. The van der Waals surface area contributed by atoms with E-state index in [4.69, 9.17) is 0 Å². The average Bonchev–Trinajstić information content (AvgIpc) is 2.46. The Bertz CT molecular complexity index is 517. The molecule has 0 saturated heterocycles. The van der Waals surface area contributed by atoms with Gasteiger partial charge in [-0.1, -0.05) is 66.3 Å². The van der Waals surface area contributed by atoms with Gasteiger partial charge in [0.1, 0.15) is 6.04 Å². The molecule has 1 N–H and O–H groups in total. The lowest BCUT2D eigenvalue weighted by atomic mass is 10.1. The molecule has 0 heterocycles. The van der Waals surface area contributed by atoms with Crippen molar-refractivity contribution in [2.24, 2.45) is 0 Å². The zero-order chi connectivity index (χ0) is 17.9. The third-order valence-electron chi connectivity index (χ3n) is 3.21. The lowest BCUT2D eigenvalue weighted by molar-refractivity contribution is -0.145. The van der Waals surface area contributed by atoms with Crippen LogP contribution in [0, 0.1) is 0 Å². The molecule has 0 fully saturated rings. The zero-order valence-corrected chi connectivity index (χ0v) is 14.2. The monoisotopic (exact) mass is 325 g/mol. The predicted molar refractivity (Wildman–Crippen MR) is 93.3 cm³/mol. The molecule has 23 heavy (non-hydrogen) atoms. The molecule has 0 radical (unpaired) electrons. The van der Waals surface area contributed by atoms with Crippen LogP contribution in [-0.4, -0.2) is 18.8 Å².